The highest BCUT2D eigenvalue weighted by atomic mass is 35.5. The minimum atomic E-state index is 0.135. The van der Waals surface area contributed by atoms with Gasteiger partial charge in [-0.15, -0.1) is 11.3 Å². The lowest BCUT2D eigenvalue weighted by Gasteiger charge is -2.34. The molecule has 10 heteroatoms. The van der Waals surface area contributed by atoms with E-state index in [0.29, 0.717) is 5.75 Å². The summed E-state index contributed by atoms with van der Waals surface area (Å²) in [6.07, 6.45) is 3.30. The fourth-order valence-corrected chi connectivity index (χ4v) is 5.72. The number of nitrogens with zero attached hydrogens (tertiary/aromatic N) is 6. The number of benzene rings is 1. The Balaban J connectivity index is 1.19. The predicted molar refractivity (Wildman–Crippen MR) is 129 cm³/mol. The van der Waals surface area contributed by atoms with Crippen molar-refractivity contribution < 1.29 is 4.79 Å². The lowest BCUT2D eigenvalue weighted by atomic mass is 10.3. The van der Waals surface area contributed by atoms with Crippen LogP contribution in [-0.4, -0.2) is 67.4 Å². The summed E-state index contributed by atoms with van der Waals surface area (Å²) < 4.78 is 2.61. The van der Waals surface area contributed by atoms with Gasteiger partial charge in [0.2, 0.25) is 5.91 Å². The molecular weight excluding hydrogens is 464 g/mol. The number of hydrogen-bond donors (Lipinski definition) is 0. The first-order chi connectivity index (χ1) is 15.7. The third-order valence-electron chi connectivity index (χ3n) is 5.40. The van der Waals surface area contributed by atoms with E-state index in [9.17, 15) is 4.79 Å². The summed E-state index contributed by atoms with van der Waals surface area (Å²) in [4.78, 5) is 27.2. The average molecular weight is 485 g/mol. The van der Waals surface area contributed by atoms with Gasteiger partial charge in [0.05, 0.1) is 27.4 Å². The van der Waals surface area contributed by atoms with E-state index in [1.54, 1.807) is 22.2 Å². The van der Waals surface area contributed by atoms with Gasteiger partial charge < -0.3 is 4.90 Å². The smallest absolute Gasteiger partial charge is 0.233 e. The molecule has 1 amide bonds. The Bertz CT molecular complexity index is 1220. The zero-order valence-corrected chi connectivity index (χ0v) is 19.6. The molecule has 0 aliphatic carbocycles. The van der Waals surface area contributed by atoms with Gasteiger partial charge in [-0.2, -0.15) is 5.10 Å². The first-order valence-corrected chi connectivity index (χ1v) is 12.5. The van der Waals surface area contributed by atoms with E-state index in [1.807, 2.05) is 41.3 Å². The van der Waals surface area contributed by atoms with Gasteiger partial charge in [0.15, 0.2) is 5.65 Å². The molecule has 164 valence electrons. The van der Waals surface area contributed by atoms with Crippen LogP contribution in [0.15, 0.2) is 60.0 Å². The zero-order chi connectivity index (χ0) is 21.9. The van der Waals surface area contributed by atoms with Crippen molar-refractivity contribution in [3.8, 4) is 5.69 Å². The minimum absolute atomic E-state index is 0.135. The van der Waals surface area contributed by atoms with E-state index in [4.69, 9.17) is 11.6 Å². The summed E-state index contributed by atoms with van der Waals surface area (Å²) in [6.45, 7) is 4.10. The van der Waals surface area contributed by atoms with E-state index < -0.39 is 0 Å². The first-order valence-electron chi connectivity index (χ1n) is 10.3. The molecule has 4 aromatic rings. The summed E-state index contributed by atoms with van der Waals surface area (Å²) in [5.74, 6) is 0.486. The third kappa shape index (κ3) is 4.66. The van der Waals surface area contributed by atoms with Crippen LogP contribution in [0.2, 0.25) is 4.34 Å². The second-order valence-electron chi connectivity index (χ2n) is 7.46. The molecule has 3 aromatic heterocycles. The molecule has 1 aromatic carbocycles. The normalized spacial score (nSPS) is 14.8. The van der Waals surface area contributed by atoms with E-state index in [-0.39, 0.29) is 5.91 Å². The molecule has 0 spiro atoms. The van der Waals surface area contributed by atoms with E-state index >= 15 is 0 Å². The van der Waals surface area contributed by atoms with Gasteiger partial charge in [0.1, 0.15) is 11.4 Å². The van der Waals surface area contributed by atoms with Gasteiger partial charge in [0, 0.05) is 37.6 Å². The Kier molecular flexibility index (Phi) is 6.40. The van der Waals surface area contributed by atoms with Gasteiger partial charge in [-0.25, -0.2) is 14.6 Å². The summed E-state index contributed by atoms with van der Waals surface area (Å²) in [5, 5.41) is 6.11. The van der Waals surface area contributed by atoms with Crippen molar-refractivity contribution in [2.75, 3.05) is 31.9 Å². The van der Waals surface area contributed by atoms with E-state index in [2.05, 4.69) is 26.0 Å². The SMILES string of the molecule is O=C(CSc1ncnc2c1cnn2-c1ccccc1)N1CCN(Cc2ccc(Cl)s2)CC1. The summed E-state index contributed by atoms with van der Waals surface area (Å²) >= 11 is 9.09. The molecule has 1 aliphatic heterocycles. The number of piperazine rings is 1. The quantitative estimate of drug-likeness (QED) is 0.305. The average Bonchev–Trinajstić information content (AvgIpc) is 3.45. The van der Waals surface area contributed by atoms with Crippen molar-refractivity contribution >= 4 is 51.6 Å². The van der Waals surface area contributed by atoms with Crippen molar-refractivity contribution in [1.29, 1.82) is 0 Å². The first kappa shape index (κ1) is 21.4. The Morgan fingerprint density at radius 3 is 2.62 bits per heavy atom. The van der Waals surface area contributed by atoms with Crippen molar-refractivity contribution in [3.05, 3.63) is 64.2 Å². The van der Waals surface area contributed by atoms with Crippen LogP contribution in [0.4, 0.5) is 0 Å². The molecule has 4 heterocycles. The molecule has 5 rings (SSSR count). The van der Waals surface area contributed by atoms with Gasteiger partial charge in [-0.1, -0.05) is 41.6 Å². The number of fused-ring (bicyclic) bond motifs is 1. The van der Waals surface area contributed by atoms with Crippen LogP contribution in [0.3, 0.4) is 0 Å². The Labute approximate surface area is 199 Å². The number of carbonyl (C=O) groups is 1. The molecule has 0 radical (unpaired) electrons. The summed E-state index contributed by atoms with van der Waals surface area (Å²) in [7, 11) is 0. The fraction of sp³-hybridized carbons (Fsp3) is 0.273. The standard InChI is InChI=1S/C22H21ClN6OS2/c23-19-7-6-17(32-19)13-27-8-10-28(11-9-27)20(30)14-31-22-18-12-26-29(21(18)24-15-25-22)16-4-2-1-3-5-16/h1-7,12,15H,8-11,13-14H2. The van der Waals surface area contributed by atoms with Crippen molar-refractivity contribution in [3.63, 3.8) is 0 Å². The molecule has 0 saturated carbocycles. The molecule has 0 unspecified atom stereocenters. The number of amides is 1. The second kappa shape index (κ2) is 9.58. The lowest BCUT2D eigenvalue weighted by molar-refractivity contribution is -0.130. The van der Waals surface area contributed by atoms with Crippen LogP contribution >= 0.6 is 34.7 Å². The number of para-hydroxylation sites is 1. The van der Waals surface area contributed by atoms with Crippen LogP contribution in [0.5, 0.6) is 0 Å². The van der Waals surface area contributed by atoms with Crippen LogP contribution in [-0.2, 0) is 11.3 Å². The fourth-order valence-electron chi connectivity index (χ4n) is 3.73. The van der Waals surface area contributed by atoms with Crippen LogP contribution in [0, 0.1) is 0 Å². The summed E-state index contributed by atoms with van der Waals surface area (Å²) in [5.41, 5.74) is 1.68. The number of halogens is 1. The highest BCUT2D eigenvalue weighted by Crippen LogP contribution is 2.26. The maximum absolute atomic E-state index is 12.8. The van der Waals surface area contributed by atoms with Gasteiger partial charge in [-0.3, -0.25) is 9.69 Å². The number of thioether (sulfide) groups is 1. The topological polar surface area (TPSA) is 67.2 Å². The highest BCUT2D eigenvalue weighted by molar-refractivity contribution is 8.00. The number of hydrogen-bond acceptors (Lipinski definition) is 7. The third-order valence-corrected chi connectivity index (χ3v) is 7.60. The number of thiophene rings is 1. The monoisotopic (exact) mass is 484 g/mol. The lowest BCUT2D eigenvalue weighted by Crippen LogP contribution is -2.48. The van der Waals surface area contributed by atoms with Gasteiger partial charge in [-0.05, 0) is 24.3 Å². The number of rotatable bonds is 6. The van der Waals surface area contributed by atoms with Crippen LogP contribution < -0.4 is 0 Å². The minimum Gasteiger partial charge on any atom is -0.339 e. The molecule has 0 bridgehead atoms. The maximum atomic E-state index is 12.8. The zero-order valence-electron chi connectivity index (χ0n) is 17.2. The predicted octanol–water partition coefficient (Wildman–Crippen LogP) is 3.97. The number of carbonyl (C=O) groups excluding carboxylic acids is 1. The molecule has 1 saturated heterocycles. The van der Waals surface area contributed by atoms with Gasteiger partial charge >= 0.3 is 0 Å². The van der Waals surface area contributed by atoms with Gasteiger partial charge in [0.25, 0.3) is 0 Å². The van der Waals surface area contributed by atoms with E-state index in [0.717, 1.165) is 58.8 Å². The van der Waals surface area contributed by atoms with Crippen molar-refractivity contribution in [2.24, 2.45) is 0 Å². The van der Waals surface area contributed by atoms with Crippen molar-refractivity contribution in [2.45, 2.75) is 11.6 Å². The van der Waals surface area contributed by atoms with Crippen LogP contribution in [0.1, 0.15) is 4.88 Å². The summed E-state index contributed by atoms with van der Waals surface area (Å²) in [6, 6.07) is 13.9. The van der Waals surface area contributed by atoms with Crippen LogP contribution in [0.25, 0.3) is 16.7 Å². The molecule has 0 N–H and O–H groups in total. The second-order valence-corrected chi connectivity index (χ2v) is 10.2. The van der Waals surface area contributed by atoms with E-state index in [1.165, 1.54) is 23.0 Å². The maximum Gasteiger partial charge on any atom is 0.233 e. The highest BCUT2D eigenvalue weighted by Gasteiger charge is 2.22. The molecule has 0 atom stereocenters. The Morgan fingerprint density at radius 2 is 1.88 bits per heavy atom. The number of aromatic nitrogens is 4. The Morgan fingerprint density at radius 1 is 1.06 bits per heavy atom. The van der Waals surface area contributed by atoms with Crippen molar-refractivity contribution in [1.82, 2.24) is 29.5 Å². The molecule has 1 fully saturated rings. The molecular formula is C22H21ClN6OS2. The largest absolute Gasteiger partial charge is 0.339 e. The Hall–Kier alpha value is -2.46. The molecule has 1 aliphatic rings. The molecule has 32 heavy (non-hydrogen) atoms. The molecule has 7 nitrogen and oxygen atoms in total.